The summed E-state index contributed by atoms with van der Waals surface area (Å²) in [6.07, 6.45) is 6.26. The van der Waals surface area contributed by atoms with Crippen molar-refractivity contribution in [3.8, 4) is 17.2 Å². The minimum absolute atomic E-state index is 0.00410. The highest BCUT2D eigenvalue weighted by Gasteiger charge is 2.18. The van der Waals surface area contributed by atoms with E-state index in [-0.39, 0.29) is 17.6 Å². The number of carbonyl (C=O) groups is 2. The number of hydrogen-bond acceptors (Lipinski definition) is 5. The molecule has 0 aliphatic heterocycles. The van der Waals surface area contributed by atoms with Crippen molar-refractivity contribution in [3.05, 3.63) is 63.8 Å². The van der Waals surface area contributed by atoms with Gasteiger partial charge in [-0.05, 0) is 79.4 Å². The Bertz CT molecular complexity index is 1140. The van der Waals surface area contributed by atoms with Gasteiger partial charge in [0.05, 0.1) is 10.6 Å². The van der Waals surface area contributed by atoms with E-state index in [0.29, 0.717) is 40.1 Å². The molecule has 1 aromatic heterocycles. The number of benzene rings is 2. The van der Waals surface area contributed by atoms with Gasteiger partial charge in [-0.3, -0.25) is 9.59 Å². The van der Waals surface area contributed by atoms with Crippen molar-refractivity contribution < 1.29 is 19.4 Å². The van der Waals surface area contributed by atoms with Crippen LogP contribution in [-0.2, 0) is 4.79 Å². The zero-order valence-corrected chi connectivity index (χ0v) is 20.3. The molecule has 1 fully saturated rings. The monoisotopic (exact) mass is 478 g/mol. The van der Waals surface area contributed by atoms with Gasteiger partial charge in [-0.25, -0.2) is 0 Å². The van der Waals surface area contributed by atoms with Gasteiger partial charge >= 0.3 is 0 Å². The topological polar surface area (TPSA) is 87.7 Å². The van der Waals surface area contributed by atoms with E-state index in [1.807, 2.05) is 37.4 Å². The molecule has 0 atom stereocenters. The Balaban J connectivity index is 1.44. The minimum atomic E-state index is -0.144. The lowest BCUT2D eigenvalue weighted by Crippen LogP contribution is -2.18. The summed E-state index contributed by atoms with van der Waals surface area (Å²) in [4.78, 5) is 25.5. The number of aryl methyl sites for hydroxylation is 2. The Labute approximate surface area is 204 Å². The molecule has 4 rings (SSSR count). The van der Waals surface area contributed by atoms with Crippen LogP contribution in [0, 0.1) is 19.8 Å². The molecule has 0 radical (unpaired) electrons. The second-order valence-corrected chi connectivity index (χ2v) is 9.86. The van der Waals surface area contributed by atoms with E-state index in [4.69, 9.17) is 4.74 Å². The number of phenols is 1. The lowest BCUT2D eigenvalue weighted by molar-refractivity contribution is -0.117. The van der Waals surface area contributed by atoms with Gasteiger partial charge in [0, 0.05) is 18.2 Å². The number of phenolic OH excluding ortho intramolecular Hbond substituents is 1. The normalized spacial score (nSPS) is 13.9. The molecule has 0 bridgehead atoms. The first-order valence-electron chi connectivity index (χ1n) is 11.7. The third-order valence-electron chi connectivity index (χ3n) is 6.12. The molecule has 0 spiro atoms. The Morgan fingerprint density at radius 1 is 1.03 bits per heavy atom. The fourth-order valence-corrected chi connectivity index (χ4v) is 5.05. The van der Waals surface area contributed by atoms with Crippen LogP contribution in [0.2, 0.25) is 0 Å². The van der Waals surface area contributed by atoms with Crippen molar-refractivity contribution >= 4 is 34.5 Å². The molecular formula is C27H30N2O4S. The average Bonchev–Trinajstić information content (AvgIpc) is 3.34. The molecule has 3 aromatic rings. The number of aromatic hydroxyl groups is 1. The average molecular weight is 479 g/mol. The molecular weight excluding hydrogens is 448 g/mol. The number of amides is 2. The number of nitrogens with one attached hydrogen (secondary N) is 2. The Kier molecular flexibility index (Phi) is 7.53. The van der Waals surface area contributed by atoms with Gasteiger partial charge in [-0.2, -0.15) is 0 Å². The molecule has 2 amide bonds. The summed E-state index contributed by atoms with van der Waals surface area (Å²) in [5.74, 6) is 1.36. The van der Waals surface area contributed by atoms with Gasteiger partial charge < -0.3 is 20.5 Å². The molecule has 2 aromatic carbocycles. The Morgan fingerprint density at radius 3 is 2.44 bits per heavy atom. The minimum Gasteiger partial charge on any atom is -0.506 e. The highest BCUT2D eigenvalue weighted by atomic mass is 32.1. The summed E-state index contributed by atoms with van der Waals surface area (Å²) in [6.45, 7) is 3.83. The predicted molar refractivity (Wildman–Crippen MR) is 136 cm³/mol. The maximum atomic E-state index is 12.5. The second-order valence-electron chi connectivity index (χ2n) is 8.91. The Morgan fingerprint density at radius 2 is 1.76 bits per heavy atom. The van der Waals surface area contributed by atoms with E-state index in [1.165, 1.54) is 36.7 Å². The van der Waals surface area contributed by atoms with Crippen LogP contribution in [0.5, 0.6) is 17.2 Å². The second kappa shape index (κ2) is 10.7. The summed E-state index contributed by atoms with van der Waals surface area (Å²) in [7, 11) is 0. The fourth-order valence-electron chi connectivity index (χ4n) is 4.44. The van der Waals surface area contributed by atoms with Crippen LogP contribution >= 0.6 is 11.3 Å². The van der Waals surface area contributed by atoms with Crippen LogP contribution in [0.1, 0.15) is 59.3 Å². The number of rotatable bonds is 7. The van der Waals surface area contributed by atoms with Gasteiger partial charge in [0.2, 0.25) is 5.91 Å². The first-order chi connectivity index (χ1) is 16.4. The van der Waals surface area contributed by atoms with Gasteiger partial charge in [0.15, 0.2) is 0 Å². The third-order valence-corrected chi connectivity index (χ3v) is 6.99. The summed E-state index contributed by atoms with van der Waals surface area (Å²) >= 11 is 1.39. The highest BCUT2D eigenvalue weighted by Crippen LogP contribution is 2.35. The summed E-state index contributed by atoms with van der Waals surface area (Å²) < 4.78 is 6.13. The molecule has 0 saturated heterocycles. The van der Waals surface area contributed by atoms with E-state index in [0.717, 1.165) is 24.0 Å². The SMILES string of the molecule is Cc1cc(NC(=O)c2cccs2)cc(C)c1Oc1ccc(O)c(NC(=O)CC2CCCCC2)c1. The van der Waals surface area contributed by atoms with Gasteiger partial charge in [-0.15, -0.1) is 11.3 Å². The maximum Gasteiger partial charge on any atom is 0.265 e. The molecule has 1 saturated carbocycles. The van der Waals surface area contributed by atoms with Crippen molar-refractivity contribution in [2.45, 2.75) is 52.4 Å². The first kappa shape index (κ1) is 23.8. The Hall–Kier alpha value is -3.32. The highest BCUT2D eigenvalue weighted by molar-refractivity contribution is 7.12. The molecule has 1 heterocycles. The van der Waals surface area contributed by atoms with Crippen molar-refractivity contribution in [1.82, 2.24) is 0 Å². The maximum absolute atomic E-state index is 12.5. The molecule has 1 aliphatic rings. The molecule has 34 heavy (non-hydrogen) atoms. The zero-order chi connectivity index (χ0) is 24.1. The smallest absolute Gasteiger partial charge is 0.265 e. The van der Waals surface area contributed by atoms with E-state index < -0.39 is 0 Å². The molecule has 0 unspecified atom stereocenters. The summed E-state index contributed by atoms with van der Waals surface area (Å²) in [5.41, 5.74) is 2.76. The molecule has 1 aliphatic carbocycles. The van der Waals surface area contributed by atoms with E-state index in [2.05, 4.69) is 10.6 Å². The lowest BCUT2D eigenvalue weighted by Gasteiger charge is -2.21. The summed E-state index contributed by atoms with van der Waals surface area (Å²) in [5, 5.41) is 17.9. The van der Waals surface area contributed by atoms with Gasteiger partial charge in [0.25, 0.3) is 5.91 Å². The number of ether oxygens (including phenoxy) is 1. The number of carbonyl (C=O) groups excluding carboxylic acids is 2. The van der Waals surface area contributed by atoms with Crippen LogP contribution in [-0.4, -0.2) is 16.9 Å². The fraction of sp³-hybridized carbons (Fsp3) is 0.333. The van der Waals surface area contributed by atoms with Gasteiger partial charge in [0.1, 0.15) is 17.2 Å². The summed E-state index contributed by atoms with van der Waals surface area (Å²) in [6, 6.07) is 12.2. The van der Waals surface area contributed by atoms with E-state index in [9.17, 15) is 14.7 Å². The van der Waals surface area contributed by atoms with E-state index in [1.54, 1.807) is 18.2 Å². The third kappa shape index (κ3) is 5.97. The lowest BCUT2D eigenvalue weighted by atomic mass is 9.87. The molecule has 7 heteroatoms. The standard InChI is InChI=1S/C27H30N2O4S/c1-17-13-20(28-27(32)24-9-6-12-34-24)14-18(2)26(17)33-21-10-11-23(30)22(16-21)29-25(31)15-19-7-4-3-5-8-19/h6,9-14,16,19,30H,3-5,7-8,15H2,1-2H3,(H,28,32)(H,29,31). The molecule has 178 valence electrons. The first-order valence-corrected chi connectivity index (χ1v) is 12.5. The van der Waals surface area contributed by atoms with Crippen LogP contribution in [0.15, 0.2) is 47.8 Å². The number of anilines is 2. The predicted octanol–water partition coefficient (Wildman–Crippen LogP) is 7.02. The van der Waals surface area contributed by atoms with Crippen LogP contribution in [0.25, 0.3) is 0 Å². The van der Waals surface area contributed by atoms with Crippen LogP contribution in [0.3, 0.4) is 0 Å². The van der Waals surface area contributed by atoms with E-state index >= 15 is 0 Å². The van der Waals surface area contributed by atoms with Crippen molar-refractivity contribution in [3.63, 3.8) is 0 Å². The van der Waals surface area contributed by atoms with Crippen molar-refractivity contribution in [1.29, 1.82) is 0 Å². The number of thiophene rings is 1. The van der Waals surface area contributed by atoms with Crippen molar-refractivity contribution in [2.24, 2.45) is 5.92 Å². The van der Waals surface area contributed by atoms with Crippen LogP contribution < -0.4 is 15.4 Å². The number of hydrogen-bond donors (Lipinski definition) is 3. The molecule has 6 nitrogen and oxygen atoms in total. The van der Waals surface area contributed by atoms with Crippen molar-refractivity contribution in [2.75, 3.05) is 10.6 Å². The zero-order valence-electron chi connectivity index (χ0n) is 19.5. The molecule has 3 N–H and O–H groups in total. The van der Waals surface area contributed by atoms with Gasteiger partial charge in [-0.1, -0.05) is 25.3 Å². The quantitative estimate of drug-likeness (QED) is 0.318. The van der Waals surface area contributed by atoms with Crippen LogP contribution in [0.4, 0.5) is 11.4 Å². The largest absolute Gasteiger partial charge is 0.506 e.